The Hall–Kier alpha value is -2.99. The molecule has 7 heteroatoms. The second kappa shape index (κ2) is 9.67. The van der Waals surface area contributed by atoms with Gasteiger partial charge in [-0.15, -0.1) is 0 Å². The molecule has 2 amide bonds. The van der Waals surface area contributed by atoms with Crippen LogP contribution < -0.4 is 20.1 Å². The van der Waals surface area contributed by atoms with Crippen LogP contribution in [-0.4, -0.2) is 31.1 Å². The molecule has 0 bridgehead atoms. The van der Waals surface area contributed by atoms with Crippen molar-refractivity contribution in [2.45, 2.75) is 38.8 Å². The molecule has 1 fully saturated rings. The van der Waals surface area contributed by atoms with Crippen molar-refractivity contribution in [2.75, 3.05) is 12.4 Å². The smallest absolute Gasteiger partial charge is 0.251 e. The Morgan fingerprint density at radius 2 is 1.97 bits per heavy atom. The van der Waals surface area contributed by atoms with Crippen LogP contribution in [0.2, 0.25) is 5.02 Å². The molecule has 0 aliphatic heterocycles. The Kier molecular flexibility index (Phi) is 7.00. The van der Waals surface area contributed by atoms with Gasteiger partial charge in [-0.2, -0.15) is 0 Å². The maximum Gasteiger partial charge on any atom is 0.251 e. The van der Waals surface area contributed by atoms with E-state index in [4.69, 9.17) is 21.1 Å². The summed E-state index contributed by atoms with van der Waals surface area (Å²) in [5.41, 5.74) is 1.76. The van der Waals surface area contributed by atoms with Crippen molar-refractivity contribution >= 4 is 35.2 Å². The van der Waals surface area contributed by atoms with Crippen LogP contribution in [0.5, 0.6) is 11.5 Å². The molecule has 0 atom stereocenters. The van der Waals surface area contributed by atoms with E-state index in [0.29, 0.717) is 33.3 Å². The van der Waals surface area contributed by atoms with Crippen LogP contribution in [0.3, 0.4) is 0 Å². The molecule has 0 spiro atoms. The molecule has 3 rings (SSSR count). The third-order valence-corrected chi connectivity index (χ3v) is 4.62. The average Bonchev–Trinajstić information content (AvgIpc) is 3.52. The van der Waals surface area contributed by atoms with Crippen molar-refractivity contribution in [3.63, 3.8) is 0 Å². The molecule has 0 saturated heterocycles. The fraction of sp³-hybridized carbons (Fsp3) is 0.304. The lowest BCUT2D eigenvalue weighted by molar-refractivity contribution is -0.111. The van der Waals surface area contributed by atoms with Gasteiger partial charge in [0.15, 0.2) is 11.5 Å². The molecule has 0 heterocycles. The maximum atomic E-state index is 12.3. The summed E-state index contributed by atoms with van der Waals surface area (Å²) in [5.74, 6) is 0.504. The summed E-state index contributed by atoms with van der Waals surface area (Å²) >= 11 is 6.31. The van der Waals surface area contributed by atoms with Gasteiger partial charge >= 0.3 is 0 Å². The van der Waals surface area contributed by atoms with E-state index in [1.807, 2.05) is 13.8 Å². The number of hydrogen-bond acceptors (Lipinski definition) is 4. The quantitative estimate of drug-likeness (QED) is 0.598. The first-order valence-electron chi connectivity index (χ1n) is 9.80. The molecule has 1 saturated carbocycles. The molecule has 2 aromatic rings. The summed E-state index contributed by atoms with van der Waals surface area (Å²) in [6.45, 7) is 3.80. The van der Waals surface area contributed by atoms with Gasteiger partial charge in [-0.1, -0.05) is 17.7 Å². The number of amides is 2. The second-order valence-corrected chi connectivity index (χ2v) is 7.76. The maximum absolute atomic E-state index is 12.3. The number of hydrogen-bond donors (Lipinski definition) is 2. The van der Waals surface area contributed by atoms with Gasteiger partial charge in [0, 0.05) is 23.4 Å². The average molecular weight is 429 g/mol. The summed E-state index contributed by atoms with van der Waals surface area (Å²) in [6, 6.07) is 10.6. The first-order chi connectivity index (χ1) is 14.4. The summed E-state index contributed by atoms with van der Waals surface area (Å²) < 4.78 is 11.0. The van der Waals surface area contributed by atoms with Gasteiger partial charge in [0.2, 0.25) is 5.91 Å². The van der Waals surface area contributed by atoms with E-state index in [9.17, 15) is 9.59 Å². The number of carbonyl (C=O) groups excluding carboxylic acids is 2. The first-order valence-corrected chi connectivity index (χ1v) is 10.2. The molecule has 0 radical (unpaired) electrons. The highest BCUT2D eigenvalue weighted by atomic mass is 35.5. The molecule has 0 unspecified atom stereocenters. The van der Waals surface area contributed by atoms with Gasteiger partial charge < -0.3 is 20.1 Å². The Balaban J connectivity index is 1.67. The van der Waals surface area contributed by atoms with Crippen molar-refractivity contribution in [1.82, 2.24) is 5.32 Å². The van der Waals surface area contributed by atoms with Crippen LogP contribution in [0, 0.1) is 0 Å². The number of anilines is 1. The van der Waals surface area contributed by atoms with E-state index in [1.54, 1.807) is 42.5 Å². The van der Waals surface area contributed by atoms with Crippen LogP contribution in [0.15, 0.2) is 42.5 Å². The van der Waals surface area contributed by atoms with Crippen molar-refractivity contribution in [3.8, 4) is 11.5 Å². The van der Waals surface area contributed by atoms with Crippen LogP contribution in [-0.2, 0) is 4.79 Å². The molecule has 1 aliphatic carbocycles. The summed E-state index contributed by atoms with van der Waals surface area (Å²) in [4.78, 5) is 24.5. The van der Waals surface area contributed by atoms with Gasteiger partial charge in [-0.25, -0.2) is 0 Å². The van der Waals surface area contributed by atoms with E-state index < -0.39 is 0 Å². The first kappa shape index (κ1) is 21.7. The molecule has 2 aromatic carbocycles. The molecule has 158 valence electrons. The topological polar surface area (TPSA) is 76.7 Å². The Labute approximate surface area is 181 Å². The summed E-state index contributed by atoms with van der Waals surface area (Å²) in [5, 5.41) is 6.09. The number of ether oxygens (including phenoxy) is 2. The summed E-state index contributed by atoms with van der Waals surface area (Å²) in [6.07, 6.45) is 5.02. The summed E-state index contributed by atoms with van der Waals surface area (Å²) in [7, 11) is 1.53. The second-order valence-electron chi connectivity index (χ2n) is 7.35. The zero-order valence-corrected chi connectivity index (χ0v) is 18.0. The Morgan fingerprint density at radius 1 is 1.20 bits per heavy atom. The van der Waals surface area contributed by atoms with E-state index in [-0.39, 0.29) is 24.0 Å². The van der Waals surface area contributed by atoms with Gasteiger partial charge in [0.05, 0.1) is 18.2 Å². The Bertz CT molecular complexity index is 968. The van der Waals surface area contributed by atoms with Gasteiger partial charge in [0.25, 0.3) is 5.91 Å². The zero-order valence-electron chi connectivity index (χ0n) is 17.2. The third kappa shape index (κ3) is 6.00. The normalized spacial score (nSPS) is 13.4. The van der Waals surface area contributed by atoms with Crippen molar-refractivity contribution in [3.05, 3.63) is 58.6 Å². The van der Waals surface area contributed by atoms with Crippen LogP contribution in [0.25, 0.3) is 6.08 Å². The number of rotatable bonds is 8. The lowest BCUT2D eigenvalue weighted by atomic mass is 10.1. The van der Waals surface area contributed by atoms with E-state index >= 15 is 0 Å². The number of methoxy groups -OCH3 is 1. The van der Waals surface area contributed by atoms with Crippen molar-refractivity contribution in [2.24, 2.45) is 0 Å². The van der Waals surface area contributed by atoms with E-state index in [0.717, 1.165) is 12.8 Å². The number of nitrogens with one attached hydrogen (secondary N) is 2. The predicted molar refractivity (Wildman–Crippen MR) is 118 cm³/mol. The van der Waals surface area contributed by atoms with Gasteiger partial charge in [0.1, 0.15) is 0 Å². The minimum atomic E-state index is -0.327. The zero-order chi connectivity index (χ0) is 21.7. The standard InChI is InChI=1S/C23H25ClN2O4/c1-14(2)30-22-19(24)11-15(12-20(22)29-3)7-10-21(27)25-18-6-4-5-16(13-18)23(28)26-17-8-9-17/h4-7,10-14,17H,8-9H2,1-3H3,(H,25,27)(H,26,28)/b10-7+. The van der Waals surface area contributed by atoms with Crippen LogP contribution in [0.4, 0.5) is 5.69 Å². The van der Waals surface area contributed by atoms with Crippen LogP contribution in [0.1, 0.15) is 42.6 Å². The fourth-order valence-electron chi connectivity index (χ4n) is 2.78. The lowest BCUT2D eigenvalue weighted by Crippen LogP contribution is -2.25. The SMILES string of the molecule is COc1cc(/C=C/C(=O)Nc2cccc(C(=O)NC3CC3)c2)cc(Cl)c1OC(C)C. The molecule has 6 nitrogen and oxygen atoms in total. The molecule has 30 heavy (non-hydrogen) atoms. The molecule has 0 aromatic heterocycles. The lowest BCUT2D eigenvalue weighted by Gasteiger charge is -2.15. The number of benzene rings is 2. The van der Waals surface area contributed by atoms with Crippen LogP contribution >= 0.6 is 11.6 Å². The highest BCUT2D eigenvalue weighted by molar-refractivity contribution is 6.32. The molecule has 2 N–H and O–H groups in total. The number of carbonyl (C=O) groups is 2. The minimum Gasteiger partial charge on any atom is -0.493 e. The van der Waals surface area contributed by atoms with Crippen molar-refractivity contribution < 1.29 is 19.1 Å². The van der Waals surface area contributed by atoms with Gasteiger partial charge in [-0.05, 0) is 68.7 Å². The van der Waals surface area contributed by atoms with E-state index in [1.165, 1.54) is 13.2 Å². The minimum absolute atomic E-state index is 0.0503. The molecular weight excluding hydrogens is 404 g/mol. The third-order valence-electron chi connectivity index (χ3n) is 4.34. The number of halogens is 1. The molecular formula is C23H25ClN2O4. The predicted octanol–water partition coefficient (Wildman–Crippen LogP) is 4.68. The fourth-order valence-corrected chi connectivity index (χ4v) is 3.04. The van der Waals surface area contributed by atoms with Gasteiger partial charge in [-0.3, -0.25) is 9.59 Å². The highest BCUT2D eigenvalue weighted by Crippen LogP contribution is 2.37. The Morgan fingerprint density at radius 3 is 2.63 bits per heavy atom. The highest BCUT2D eigenvalue weighted by Gasteiger charge is 2.23. The van der Waals surface area contributed by atoms with E-state index in [2.05, 4.69) is 10.6 Å². The monoisotopic (exact) mass is 428 g/mol. The molecule has 1 aliphatic rings. The van der Waals surface area contributed by atoms with Crippen molar-refractivity contribution in [1.29, 1.82) is 0 Å². The largest absolute Gasteiger partial charge is 0.493 e.